The third-order valence-corrected chi connectivity index (χ3v) is 8.17. The van der Waals surface area contributed by atoms with Crippen LogP contribution in [0.5, 0.6) is 0 Å². The van der Waals surface area contributed by atoms with Crippen LogP contribution in [-0.2, 0) is 20.8 Å². The van der Waals surface area contributed by atoms with Crippen LogP contribution in [0.4, 0.5) is 5.69 Å². The van der Waals surface area contributed by atoms with Crippen LogP contribution >= 0.6 is 0 Å². The molecule has 2 aliphatic heterocycles. The fourth-order valence-electron chi connectivity index (χ4n) is 5.88. The fraction of sp³-hybridized carbons (Fsp3) is 0.696. The maximum Gasteiger partial charge on any atom is 0.219 e. The number of hydrazine groups is 1. The van der Waals surface area contributed by atoms with Crippen molar-refractivity contribution >= 4 is 22.9 Å². The Hall–Kier alpha value is -1.52. The van der Waals surface area contributed by atoms with Crippen molar-refractivity contribution in [1.29, 1.82) is 0 Å². The van der Waals surface area contributed by atoms with Gasteiger partial charge in [-0.15, -0.1) is 0 Å². The quantitative estimate of drug-likeness (QED) is 0.515. The Morgan fingerprint density at radius 2 is 1.97 bits per heavy atom. The van der Waals surface area contributed by atoms with Crippen molar-refractivity contribution in [1.82, 2.24) is 14.2 Å². The molecule has 0 bridgehead atoms. The lowest BCUT2D eigenvalue weighted by Gasteiger charge is -2.48. The van der Waals surface area contributed by atoms with Gasteiger partial charge in [0.05, 0.1) is 17.9 Å². The second-order valence-corrected chi connectivity index (χ2v) is 10.5. The molecule has 5 atom stereocenters. The lowest BCUT2D eigenvalue weighted by molar-refractivity contribution is -0.135. The molecule has 3 fully saturated rings. The highest BCUT2D eigenvalue weighted by Gasteiger charge is 2.50. The summed E-state index contributed by atoms with van der Waals surface area (Å²) in [7, 11) is 3.42. The molecule has 4 rings (SSSR count). The van der Waals surface area contributed by atoms with Crippen LogP contribution in [-0.4, -0.2) is 80.4 Å². The molecule has 8 nitrogen and oxygen atoms in total. The first kappa shape index (κ1) is 23.6. The van der Waals surface area contributed by atoms with E-state index in [9.17, 15) is 13.6 Å². The van der Waals surface area contributed by atoms with Gasteiger partial charge in [-0.05, 0) is 63.2 Å². The van der Waals surface area contributed by atoms with E-state index in [2.05, 4.69) is 16.4 Å². The number of anilines is 1. The number of hydrogen-bond acceptors (Lipinski definition) is 6. The van der Waals surface area contributed by atoms with Gasteiger partial charge in [0.1, 0.15) is 0 Å². The second kappa shape index (κ2) is 9.77. The smallest absolute Gasteiger partial charge is 0.219 e. The number of ether oxygens (including phenoxy) is 1. The summed E-state index contributed by atoms with van der Waals surface area (Å²) in [4.78, 5) is 16.6. The number of hydrogen-bond donors (Lipinski definition) is 1. The van der Waals surface area contributed by atoms with Gasteiger partial charge in [-0.25, -0.2) is 0 Å². The number of para-hydroxylation sites is 1. The van der Waals surface area contributed by atoms with Crippen molar-refractivity contribution in [3.8, 4) is 0 Å². The summed E-state index contributed by atoms with van der Waals surface area (Å²) in [6, 6.07) is 8.42. The molecule has 1 aromatic carbocycles. The lowest BCUT2D eigenvalue weighted by Crippen LogP contribution is -2.57. The first-order chi connectivity index (χ1) is 15.3. The van der Waals surface area contributed by atoms with Gasteiger partial charge < -0.3 is 19.6 Å². The molecule has 2 saturated heterocycles. The zero-order valence-corrected chi connectivity index (χ0v) is 20.1. The zero-order valence-electron chi connectivity index (χ0n) is 19.3. The highest BCUT2D eigenvalue weighted by Crippen LogP contribution is 2.48. The van der Waals surface area contributed by atoms with Crippen LogP contribution in [0.1, 0.15) is 56.9 Å². The number of rotatable bonds is 6. The van der Waals surface area contributed by atoms with Crippen molar-refractivity contribution in [2.75, 3.05) is 39.2 Å². The molecule has 32 heavy (non-hydrogen) atoms. The second-order valence-electron chi connectivity index (χ2n) is 9.56. The molecule has 1 N–H and O–H groups in total. The number of likely N-dealkylation sites (N-methyl/N-ethyl adjacent to an activating group) is 1. The number of carbonyl (C=O) groups is 1. The van der Waals surface area contributed by atoms with Crippen LogP contribution in [0.2, 0.25) is 0 Å². The van der Waals surface area contributed by atoms with Crippen LogP contribution in [0.15, 0.2) is 24.3 Å². The number of likely N-dealkylation sites (tertiary alicyclic amines) is 1. The third-order valence-electron chi connectivity index (χ3n) is 7.64. The predicted octanol–water partition coefficient (Wildman–Crippen LogP) is 2.48. The van der Waals surface area contributed by atoms with E-state index in [4.69, 9.17) is 4.74 Å². The summed E-state index contributed by atoms with van der Waals surface area (Å²) in [5.74, 6) is 0.328. The Balaban J connectivity index is 1.52. The molecule has 1 saturated carbocycles. The zero-order chi connectivity index (χ0) is 22.9. The SMILES string of the molecule is CC(=O)N(C)C1CCC2(CC(c3ccccc3NN(C)S(=O)[O-])CO2)CC1N1CCCC1. The number of carbonyl (C=O) groups excluding carboxylic acids is 1. The maximum absolute atomic E-state index is 12.1. The van der Waals surface area contributed by atoms with Gasteiger partial charge in [0.2, 0.25) is 5.91 Å². The van der Waals surface area contributed by atoms with Crippen LogP contribution in [0.3, 0.4) is 0 Å². The molecule has 178 valence electrons. The highest BCUT2D eigenvalue weighted by atomic mass is 32.2. The molecule has 0 radical (unpaired) electrons. The molecule has 9 heteroatoms. The number of nitrogens with one attached hydrogen (secondary N) is 1. The summed E-state index contributed by atoms with van der Waals surface area (Å²) in [6.07, 6.45) is 6.18. The van der Waals surface area contributed by atoms with Crippen molar-refractivity contribution in [2.24, 2.45) is 0 Å². The van der Waals surface area contributed by atoms with Gasteiger partial charge in [0.25, 0.3) is 0 Å². The van der Waals surface area contributed by atoms with Crippen molar-refractivity contribution in [2.45, 2.75) is 69.1 Å². The molecule has 1 spiro atoms. The topological polar surface area (TPSA) is 88.2 Å². The molecular weight excluding hydrogens is 428 g/mol. The number of nitrogens with zero attached hydrogens (tertiary/aromatic N) is 3. The van der Waals surface area contributed by atoms with Crippen molar-refractivity contribution in [3.05, 3.63) is 29.8 Å². The van der Waals surface area contributed by atoms with Gasteiger partial charge >= 0.3 is 0 Å². The molecular formula is C23H35N4O4S-. The first-order valence-electron chi connectivity index (χ1n) is 11.6. The molecule has 0 aromatic heterocycles. The summed E-state index contributed by atoms with van der Waals surface area (Å²) in [5.41, 5.74) is 4.67. The average molecular weight is 464 g/mol. The summed E-state index contributed by atoms with van der Waals surface area (Å²) >= 11 is -2.35. The standard InChI is InChI=1S/C23H36N4O4S/c1-17(28)25(2)21-10-11-23(15-22(21)27-12-6-7-13-27)14-18(16-31-23)19-8-4-5-9-20(19)24-26(3)32(29)30/h4-5,8-9,18,21-22,24H,6-7,10-16H2,1-3H3,(H,29,30)/p-1. The molecule has 1 aliphatic carbocycles. The van der Waals surface area contributed by atoms with Crippen molar-refractivity contribution < 1.29 is 18.3 Å². The van der Waals surface area contributed by atoms with Gasteiger partial charge in [-0.3, -0.25) is 13.9 Å². The van der Waals surface area contributed by atoms with E-state index in [-0.39, 0.29) is 23.5 Å². The monoisotopic (exact) mass is 463 g/mol. The van der Waals surface area contributed by atoms with E-state index in [0.29, 0.717) is 12.6 Å². The minimum absolute atomic E-state index is 0.125. The fourth-order valence-corrected chi connectivity index (χ4v) is 6.05. The Bertz CT molecular complexity index is 849. The first-order valence-corrected chi connectivity index (χ1v) is 12.6. The largest absolute Gasteiger partial charge is 0.758 e. The third kappa shape index (κ3) is 4.87. The van der Waals surface area contributed by atoms with Crippen molar-refractivity contribution in [3.63, 3.8) is 0 Å². The Morgan fingerprint density at radius 1 is 1.25 bits per heavy atom. The minimum Gasteiger partial charge on any atom is -0.758 e. The molecule has 3 aliphatic rings. The van der Waals surface area contributed by atoms with E-state index in [1.165, 1.54) is 19.9 Å². The maximum atomic E-state index is 12.1. The molecule has 2 heterocycles. The summed E-state index contributed by atoms with van der Waals surface area (Å²) in [6.45, 7) is 4.47. The summed E-state index contributed by atoms with van der Waals surface area (Å²) < 4.78 is 30.2. The Labute approximate surface area is 193 Å². The van der Waals surface area contributed by atoms with Gasteiger partial charge in [0.15, 0.2) is 0 Å². The predicted molar refractivity (Wildman–Crippen MR) is 123 cm³/mol. The normalized spacial score (nSPS) is 31.8. The molecule has 1 aromatic rings. The number of amides is 1. The van der Waals surface area contributed by atoms with E-state index < -0.39 is 11.3 Å². The van der Waals surface area contributed by atoms with Crippen LogP contribution < -0.4 is 5.43 Å². The minimum atomic E-state index is -2.35. The van der Waals surface area contributed by atoms with Gasteiger partial charge in [-0.2, -0.15) is 4.41 Å². The van der Waals surface area contributed by atoms with Crippen LogP contribution in [0, 0.1) is 0 Å². The van der Waals surface area contributed by atoms with E-state index >= 15 is 0 Å². The van der Waals surface area contributed by atoms with Gasteiger partial charge in [-0.1, -0.05) is 18.2 Å². The van der Waals surface area contributed by atoms with Gasteiger partial charge in [0, 0.05) is 50.3 Å². The van der Waals surface area contributed by atoms with E-state index in [1.807, 2.05) is 30.1 Å². The summed E-state index contributed by atoms with van der Waals surface area (Å²) in [5, 5.41) is 0. The van der Waals surface area contributed by atoms with E-state index in [1.54, 1.807) is 6.92 Å². The molecule has 5 unspecified atom stereocenters. The highest BCUT2D eigenvalue weighted by molar-refractivity contribution is 7.76. The Kier molecular flexibility index (Phi) is 7.21. The average Bonchev–Trinajstić information content (AvgIpc) is 3.44. The van der Waals surface area contributed by atoms with E-state index in [0.717, 1.165) is 54.4 Å². The number of benzene rings is 1. The van der Waals surface area contributed by atoms with Crippen LogP contribution in [0.25, 0.3) is 0 Å². The Morgan fingerprint density at radius 3 is 2.66 bits per heavy atom. The molecule has 1 amide bonds. The lowest BCUT2D eigenvalue weighted by atomic mass is 9.74.